The highest BCUT2D eigenvalue weighted by Crippen LogP contribution is 2.53. The third-order valence-electron chi connectivity index (χ3n) is 5.84. The molecule has 0 saturated heterocycles. The molecule has 5 nitrogen and oxygen atoms in total. The minimum absolute atomic E-state index is 0.0852. The molecule has 0 bridgehead atoms. The quantitative estimate of drug-likeness (QED) is 0.632. The largest absolute Gasteiger partial charge is 0.469 e. The molecular formula is C24H19NO4. The first kappa shape index (κ1) is 17.6. The highest BCUT2D eigenvalue weighted by Gasteiger charge is 2.61. The van der Waals surface area contributed by atoms with Crippen molar-refractivity contribution in [1.82, 2.24) is 0 Å². The molecule has 2 heterocycles. The van der Waals surface area contributed by atoms with Crippen LogP contribution in [0.1, 0.15) is 41.6 Å². The Hall–Kier alpha value is -3.47. The topological polar surface area (TPSA) is 68.9 Å². The van der Waals surface area contributed by atoms with Gasteiger partial charge in [-0.2, -0.15) is 0 Å². The lowest BCUT2D eigenvalue weighted by atomic mass is 9.63. The fourth-order valence-electron chi connectivity index (χ4n) is 4.51. The summed E-state index contributed by atoms with van der Waals surface area (Å²) in [5, 5.41) is 0. The molecule has 1 spiro atoms. The second kappa shape index (κ2) is 6.85. The van der Waals surface area contributed by atoms with Gasteiger partial charge >= 0.3 is 5.97 Å². The van der Waals surface area contributed by atoms with E-state index in [0.717, 1.165) is 11.1 Å². The second-order valence-electron chi connectivity index (χ2n) is 7.48. The lowest BCUT2D eigenvalue weighted by Crippen LogP contribution is -2.50. The number of carbonyl (C=O) groups excluding carboxylic acids is 2. The Balaban J connectivity index is 1.72. The zero-order valence-electron chi connectivity index (χ0n) is 15.7. The maximum Gasteiger partial charge on any atom is 0.342 e. The Kier molecular flexibility index (Phi) is 4.16. The molecule has 5 heteroatoms. The van der Waals surface area contributed by atoms with E-state index in [4.69, 9.17) is 14.1 Å². The molecular weight excluding hydrogens is 366 g/mol. The van der Waals surface area contributed by atoms with Gasteiger partial charge in [0.2, 0.25) is 5.90 Å². The average molecular weight is 385 g/mol. The Labute approximate surface area is 168 Å². The summed E-state index contributed by atoms with van der Waals surface area (Å²) in [6.07, 6.45) is 1.99. The first-order valence-corrected chi connectivity index (χ1v) is 9.66. The number of ether oxygens (including phenoxy) is 1. The van der Waals surface area contributed by atoms with Crippen molar-refractivity contribution < 1.29 is 18.7 Å². The summed E-state index contributed by atoms with van der Waals surface area (Å²) in [6, 6.07) is 22.5. The molecule has 1 fully saturated rings. The number of aliphatic imine (C=N–C) groups is 1. The van der Waals surface area contributed by atoms with Gasteiger partial charge in [0.25, 0.3) is 0 Å². The molecule has 0 radical (unpaired) electrons. The summed E-state index contributed by atoms with van der Waals surface area (Å²) in [7, 11) is 0. The van der Waals surface area contributed by atoms with E-state index in [1.807, 2.05) is 60.7 Å². The van der Waals surface area contributed by atoms with Crippen molar-refractivity contribution in [2.75, 3.05) is 0 Å². The van der Waals surface area contributed by atoms with Crippen molar-refractivity contribution in [1.29, 1.82) is 0 Å². The smallest absolute Gasteiger partial charge is 0.342 e. The van der Waals surface area contributed by atoms with Crippen LogP contribution in [0.3, 0.4) is 0 Å². The van der Waals surface area contributed by atoms with Gasteiger partial charge in [-0.15, -0.1) is 0 Å². The summed E-state index contributed by atoms with van der Waals surface area (Å²) in [5.74, 6) is -0.413. The Bertz CT molecular complexity index is 1070. The first-order valence-electron chi connectivity index (χ1n) is 9.66. The van der Waals surface area contributed by atoms with Crippen LogP contribution in [0.15, 0.2) is 88.5 Å². The minimum atomic E-state index is -1.24. The number of hydrogen-bond acceptors (Lipinski definition) is 5. The molecule has 0 N–H and O–H groups in total. The van der Waals surface area contributed by atoms with Crippen molar-refractivity contribution >= 4 is 17.7 Å². The molecule has 0 unspecified atom stereocenters. The highest BCUT2D eigenvalue weighted by atomic mass is 16.6. The van der Waals surface area contributed by atoms with Crippen LogP contribution in [0, 0.1) is 0 Å². The molecule has 2 aliphatic rings. The summed E-state index contributed by atoms with van der Waals surface area (Å²) >= 11 is 0. The van der Waals surface area contributed by atoms with Crippen molar-refractivity contribution in [3.63, 3.8) is 0 Å². The first-order chi connectivity index (χ1) is 14.2. The molecule has 1 aromatic heterocycles. The molecule has 1 aliphatic heterocycles. The van der Waals surface area contributed by atoms with Crippen molar-refractivity contribution in [2.24, 2.45) is 4.99 Å². The van der Waals surface area contributed by atoms with Crippen LogP contribution in [-0.4, -0.2) is 23.2 Å². The van der Waals surface area contributed by atoms with Crippen LogP contribution >= 0.6 is 0 Å². The molecule has 2 aromatic carbocycles. The Morgan fingerprint density at radius 2 is 1.52 bits per heavy atom. The van der Waals surface area contributed by atoms with Gasteiger partial charge < -0.3 is 9.15 Å². The lowest BCUT2D eigenvalue weighted by Gasteiger charge is -2.40. The number of cyclic esters (lactones) is 1. The zero-order valence-corrected chi connectivity index (χ0v) is 15.7. The van der Waals surface area contributed by atoms with Gasteiger partial charge in [0, 0.05) is 24.3 Å². The number of furan rings is 1. The minimum Gasteiger partial charge on any atom is -0.469 e. The van der Waals surface area contributed by atoms with Crippen molar-refractivity contribution in [3.05, 3.63) is 95.9 Å². The second-order valence-corrected chi connectivity index (χ2v) is 7.48. The van der Waals surface area contributed by atoms with Crippen LogP contribution < -0.4 is 0 Å². The van der Waals surface area contributed by atoms with Gasteiger partial charge in [0.05, 0.1) is 12.2 Å². The van der Waals surface area contributed by atoms with E-state index in [2.05, 4.69) is 0 Å². The monoisotopic (exact) mass is 385 g/mol. The molecule has 29 heavy (non-hydrogen) atoms. The lowest BCUT2D eigenvalue weighted by molar-refractivity contribution is -0.143. The fraction of sp³-hybridized carbons (Fsp3) is 0.208. The van der Waals surface area contributed by atoms with Gasteiger partial charge in [-0.1, -0.05) is 48.5 Å². The van der Waals surface area contributed by atoms with Gasteiger partial charge in [0.1, 0.15) is 11.5 Å². The maximum atomic E-state index is 13.4. The Morgan fingerprint density at radius 1 is 0.828 bits per heavy atom. The van der Waals surface area contributed by atoms with E-state index in [1.54, 1.807) is 18.4 Å². The molecule has 3 aromatic rings. The van der Waals surface area contributed by atoms with Crippen LogP contribution in [-0.2, 0) is 14.3 Å². The number of ketones is 1. The van der Waals surface area contributed by atoms with Crippen LogP contribution in [0.4, 0.5) is 0 Å². The fourth-order valence-corrected chi connectivity index (χ4v) is 4.51. The SMILES string of the molecule is O=C1C[C@@H](c2ccccc2)[C@@]2(N=C(c3ccccc3)OC2=O)[C@H](c2ccco2)C1. The van der Waals surface area contributed by atoms with Gasteiger partial charge in [-0.05, 0) is 29.8 Å². The van der Waals surface area contributed by atoms with Gasteiger partial charge in [-0.25, -0.2) is 9.79 Å². The zero-order chi connectivity index (χ0) is 19.8. The molecule has 1 aliphatic carbocycles. The molecule has 5 rings (SSSR count). The number of hydrogen-bond donors (Lipinski definition) is 0. The standard InChI is InChI=1S/C24H19NO4/c26-18-14-19(16-8-3-1-4-9-16)24(20(15-18)21-12-7-13-28-21)23(27)29-22(25-24)17-10-5-2-6-11-17/h1-13,19-20H,14-15H2/t19-,20-,24+/m0/s1. The third kappa shape index (κ3) is 2.81. The van der Waals surface area contributed by atoms with Crippen molar-refractivity contribution in [2.45, 2.75) is 30.2 Å². The summed E-state index contributed by atoms with van der Waals surface area (Å²) in [5.41, 5.74) is 0.393. The van der Waals surface area contributed by atoms with Gasteiger partial charge in [-0.3, -0.25) is 4.79 Å². The van der Waals surface area contributed by atoms with Gasteiger partial charge in [0.15, 0.2) is 5.54 Å². The number of rotatable bonds is 3. The number of esters is 1. The van der Waals surface area contributed by atoms with E-state index >= 15 is 0 Å². The van der Waals surface area contributed by atoms with Crippen molar-refractivity contribution in [3.8, 4) is 0 Å². The maximum absolute atomic E-state index is 13.4. The summed E-state index contributed by atoms with van der Waals surface area (Å²) < 4.78 is 11.4. The summed E-state index contributed by atoms with van der Waals surface area (Å²) in [4.78, 5) is 31.0. The Morgan fingerprint density at radius 3 is 2.21 bits per heavy atom. The normalized spacial score (nSPS) is 26.4. The highest BCUT2D eigenvalue weighted by molar-refractivity contribution is 6.09. The van der Waals surface area contributed by atoms with E-state index in [9.17, 15) is 9.59 Å². The van der Waals surface area contributed by atoms with E-state index in [1.165, 1.54) is 0 Å². The van der Waals surface area contributed by atoms with E-state index < -0.39 is 23.3 Å². The number of benzene rings is 2. The number of carbonyl (C=O) groups is 2. The van der Waals surface area contributed by atoms with Crippen LogP contribution in [0.5, 0.6) is 0 Å². The van der Waals surface area contributed by atoms with E-state index in [-0.39, 0.29) is 18.6 Å². The van der Waals surface area contributed by atoms with Crippen LogP contribution in [0.2, 0.25) is 0 Å². The number of Topliss-reactive ketones (excluding diaryl/α,β-unsaturated/α-hetero) is 1. The third-order valence-corrected chi connectivity index (χ3v) is 5.84. The predicted molar refractivity (Wildman–Crippen MR) is 107 cm³/mol. The molecule has 144 valence electrons. The summed E-state index contributed by atoms with van der Waals surface area (Å²) in [6.45, 7) is 0. The molecule has 0 amide bonds. The predicted octanol–water partition coefficient (Wildman–Crippen LogP) is 4.25. The van der Waals surface area contributed by atoms with E-state index in [0.29, 0.717) is 11.7 Å². The van der Waals surface area contributed by atoms with Crippen LogP contribution in [0.25, 0.3) is 0 Å². The number of nitrogens with zero attached hydrogens (tertiary/aromatic N) is 1. The average Bonchev–Trinajstić information content (AvgIpc) is 3.40. The molecule has 3 atom stereocenters. The molecule has 1 saturated carbocycles.